The van der Waals surface area contributed by atoms with Crippen LogP contribution in [0.2, 0.25) is 0 Å². The number of hydrogen-bond acceptors (Lipinski definition) is 4. The number of carbonyl (C=O) groups excluding carboxylic acids is 2. The lowest BCUT2D eigenvalue weighted by molar-refractivity contribution is -0.164. The van der Waals surface area contributed by atoms with Crippen molar-refractivity contribution in [1.29, 1.82) is 0 Å². The molecule has 0 spiro atoms. The normalized spacial score (nSPS) is 21.5. The van der Waals surface area contributed by atoms with Crippen molar-refractivity contribution >= 4 is 12.1 Å². The molecule has 1 unspecified atom stereocenters. The van der Waals surface area contributed by atoms with E-state index in [1.54, 1.807) is 11.8 Å². The standard InChI is InChI=1S/C20H29NO4/c1-4-16(3)20(18(22)24-5-2)13-9-10-14-21(20)19(23)25-15-17-11-7-6-8-12-17/h6-8,11-12,16H,4-5,9-10,13-15H2,1-3H3/t16?,20-/m0/s1. The predicted molar refractivity (Wildman–Crippen MR) is 96.0 cm³/mol. The predicted octanol–water partition coefficient (Wildman–Crippen LogP) is 4.16. The summed E-state index contributed by atoms with van der Waals surface area (Å²) in [6.45, 7) is 6.88. The topological polar surface area (TPSA) is 55.8 Å². The van der Waals surface area contributed by atoms with Gasteiger partial charge in [0.05, 0.1) is 6.61 Å². The Balaban J connectivity index is 2.20. The molecule has 1 heterocycles. The Labute approximate surface area is 150 Å². The number of amides is 1. The van der Waals surface area contributed by atoms with Crippen molar-refractivity contribution in [3.05, 3.63) is 35.9 Å². The summed E-state index contributed by atoms with van der Waals surface area (Å²) in [7, 11) is 0. The highest BCUT2D eigenvalue weighted by Crippen LogP contribution is 2.38. The van der Waals surface area contributed by atoms with Gasteiger partial charge in [0.15, 0.2) is 0 Å². The smallest absolute Gasteiger partial charge is 0.411 e. The Morgan fingerprint density at radius 3 is 2.52 bits per heavy atom. The van der Waals surface area contributed by atoms with Crippen LogP contribution in [0, 0.1) is 5.92 Å². The molecule has 0 saturated carbocycles. The Morgan fingerprint density at radius 1 is 1.16 bits per heavy atom. The molecule has 1 saturated heterocycles. The average molecular weight is 347 g/mol. The van der Waals surface area contributed by atoms with E-state index in [2.05, 4.69) is 0 Å². The van der Waals surface area contributed by atoms with E-state index in [4.69, 9.17) is 9.47 Å². The molecule has 5 nitrogen and oxygen atoms in total. The third-order valence-corrected chi connectivity index (χ3v) is 5.15. The summed E-state index contributed by atoms with van der Waals surface area (Å²) in [4.78, 5) is 27.3. The third kappa shape index (κ3) is 4.14. The van der Waals surface area contributed by atoms with Crippen LogP contribution in [0.1, 0.15) is 52.0 Å². The molecular weight excluding hydrogens is 318 g/mol. The number of ether oxygens (including phenoxy) is 2. The zero-order chi connectivity index (χ0) is 18.3. The molecule has 1 aliphatic heterocycles. The van der Waals surface area contributed by atoms with E-state index < -0.39 is 11.6 Å². The molecule has 2 rings (SSSR count). The highest BCUT2D eigenvalue weighted by Gasteiger charge is 2.52. The summed E-state index contributed by atoms with van der Waals surface area (Å²) < 4.78 is 10.9. The molecule has 0 bridgehead atoms. The van der Waals surface area contributed by atoms with Crippen LogP contribution in [-0.4, -0.2) is 35.7 Å². The lowest BCUT2D eigenvalue weighted by Gasteiger charge is -2.47. The van der Waals surface area contributed by atoms with Crippen LogP contribution in [-0.2, 0) is 20.9 Å². The summed E-state index contributed by atoms with van der Waals surface area (Å²) in [5.41, 5.74) is 0.00897. The number of hydrogen-bond donors (Lipinski definition) is 0. The molecule has 0 aliphatic carbocycles. The van der Waals surface area contributed by atoms with Crippen LogP contribution >= 0.6 is 0 Å². The van der Waals surface area contributed by atoms with Gasteiger partial charge in [-0.1, -0.05) is 50.6 Å². The number of rotatable bonds is 6. The number of nitrogens with zero attached hydrogens (tertiary/aromatic N) is 1. The maximum absolute atomic E-state index is 12.8. The molecule has 0 radical (unpaired) electrons. The lowest BCUT2D eigenvalue weighted by atomic mass is 9.75. The first kappa shape index (κ1) is 19.3. The van der Waals surface area contributed by atoms with Gasteiger partial charge in [0, 0.05) is 6.54 Å². The van der Waals surface area contributed by atoms with Crippen molar-refractivity contribution in [1.82, 2.24) is 4.90 Å². The largest absolute Gasteiger partial charge is 0.464 e. The second-order valence-electron chi connectivity index (χ2n) is 6.60. The molecule has 138 valence electrons. The number of piperidine rings is 1. The van der Waals surface area contributed by atoms with Crippen LogP contribution in [0.15, 0.2) is 30.3 Å². The monoisotopic (exact) mass is 347 g/mol. The van der Waals surface area contributed by atoms with Crippen molar-refractivity contribution < 1.29 is 19.1 Å². The zero-order valence-corrected chi connectivity index (χ0v) is 15.5. The fourth-order valence-electron chi connectivity index (χ4n) is 3.57. The molecule has 1 aromatic carbocycles. The zero-order valence-electron chi connectivity index (χ0n) is 15.5. The van der Waals surface area contributed by atoms with E-state index in [0.717, 1.165) is 24.8 Å². The van der Waals surface area contributed by atoms with Gasteiger partial charge in [-0.15, -0.1) is 0 Å². The minimum absolute atomic E-state index is 0.0103. The number of benzene rings is 1. The first-order chi connectivity index (χ1) is 12.1. The van der Waals surface area contributed by atoms with Crippen molar-refractivity contribution in [2.45, 2.75) is 58.6 Å². The average Bonchev–Trinajstić information content (AvgIpc) is 2.66. The Hall–Kier alpha value is -2.04. The number of carbonyl (C=O) groups is 2. The molecule has 2 atom stereocenters. The summed E-state index contributed by atoms with van der Waals surface area (Å²) >= 11 is 0. The quantitative estimate of drug-likeness (QED) is 0.725. The SMILES string of the molecule is CCOC(=O)[C@@]1(C(C)CC)CCCCN1C(=O)OCc1ccccc1. The van der Waals surface area contributed by atoms with E-state index in [1.807, 2.05) is 44.2 Å². The second kappa shape index (κ2) is 8.88. The first-order valence-electron chi connectivity index (χ1n) is 9.21. The molecule has 25 heavy (non-hydrogen) atoms. The molecule has 1 fully saturated rings. The van der Waals surface area contributed by atoms with Gasteiger partial charge in [0.2, 0.25) is 0 Å². The van der Waals surface area contributed by atoms with Crippen LogP contribution in [0.25, 0.3) is 0 Å². The van der Waals surface area contributed by atoms with E-state index in [0.29, 0.717) is 19.6 Å². The summed E-state index contributed by atoms with van der Waals surface area (Å²) in [5.74, 6) is -0.295. The maximum atomic E-state index is 12.8. The fraction of sp³-hybridized carbons (Fsp3) is 0.600. The Morgan fingerprint density at radius 2 is 1.88 bits per heavy atom. The minimum atomic E-state index is -0.920. The Bertz CT molecular complexity index is 574. The van der Waals surface area contributed by atoms with Gasteiger partial charge in [-0.2, -0.15) is 0 Å². The van der Waals surface area contributed by atoms with Gasteiger partial charge in [-0.25, -0.2) is 9.59 Å². The number of esters is 1. The second-order valence-corrected chi connectivity index (χ2v) is 6.60. The highest BCUT2D eigenvalue weighted by atomic mass is 16.6. The summed E-state index contributed by atoms with van der Waals surface area (Å²) in [5, 5.41) is 0. The Kier molecular flexibility index (Phi) is 6.85. The van der Waals surface area contributed by atoms with E-state index in [9.17, 15) is 9.59 Å². The molecule has 1 aromatic rings. The number of likely N-dealkylation sites (tertiary alicyclic amines) is 1. The van der Waals surface area contributed by atoms with Gasteiger partial charge in [0.1, 0.15) is 12.1 Å². The molecule has 1 aliphatic rings. The van der Waals surface area contributed by atoms with E-state index in [1.165, 1.54) is 0 Å². The van der Waals surface area contributed by atoms with Crippen molar-refractivity contribution in [3.63, 3.8) is 0 Å². The van der Waals surface area contributed by atoms with Gasteiger partial charge < -0.3 is 9.47 Å². The van der Waals surface area contributed by atoms with Crippen molar-refractivity contribution in [2.75, 3.05) is 13.2 Å². The van der Waals surface area contributed by atoms with Gasteiger partial charge in [0.25, 0.3) is 0 Å². The summed E-state index contributed by atoms with van der Waals surface area (Å²) in [6, 6.07) is 9.57. The van der Waals surface area contributed by atoms with Crippen LogP contribution in [0.5, 0.6) is 0 Å². The van der Waals surface area contributed by atoms with Gasteiger partial charge in [-0.05, 0) is 37.7 Å². The molecule has 0 aromatic heterocycles. The minimum Gasteiger partial charge on any atom is -0.464 e. The van der Waals surface area contributed by atoms with E-state index >= 15 is 0 Å². The van der Waals surface area contributed by atoms with Gasteiger partial charge >= 0.3 is 12.1 Å². The third-order valence-electron chi connectivity index (χ3n) is 5.15. The van der Waals surface area contributed by atoms with Crippen LogP contribution < -0.4 is 0 Å². The van der Waals surface area contributed by atoms with Crippen molar-refractivity contribution in [2.24, 2.45) is 5.92 Å². The highest BCUT2D eigenvalue weighted by molar-refractivity contribution is 5.86. The van der Waals surface area contributed by atoms with Crippen LogP contribution in [0.4, 0.5) is 4.79 Å². The molecule has 0 N–H and O–H groups in total. The van der Waals surface area contributed by atoms with Gasteiger partial charge in [-0.3, -0.25) is 4.90 Å². The van der Waals surface area contributed by atoms with Crippen LogP contribution in [0.3, 0.4) is 0 Å². The van der Waals surface area contributed by atoms with E-state index in [-0.39, 0.29) is 18.5 Å². The molecule has 5 heteroatoms. The first-order valence-corrected chi connectivity index (χ1v) is 9.21. The molecule has 1 amide bonds. The van der Waals surface area contributed by atoms with Crippen molar-refractivity contribution in [3.8, 4) is 0 Å². The maximum Gasteiger partial charge on any atom is 0.411 e. The lowest BCUT2D eigenvalue weighted by Crippen LogP contribution is -2.63. The summed E-state index contributed by atoms with van der Waals surface area (Å²) in [6.07, 6.45) is 2.77. The fourth-order valence-corrected chi connectivity index (χ4v) is 3.57. The molecular formula is C20H29NO4.